The first kappa shape index (κ1) is 46.7. The Hall–Kier alpha value is -4.84. The van der Waals surface area contributed by atoms with Crippen LogP contribution in [0.2, 0.25) is 0 Å². The zero-order valence-electron chi connectivity index (χ0n) is 38.9. The number of Topliss-reactive ketones (excluding diaryl/α,β-unsaturated/α-hetero) is 1. The first-order valence-electron chi connectivity index (χ1n) is 23.5. The third-order valence-electron chi connectivity index (χ3n) is 17.4. The highest BCUT2D eigenvalue weighted by Crippen LogP contribution is 2.74. The number of fused-ring (bicyclic) bond motifs is 7. The highest BCUT2D eigenvalue weighted by Gasteiger charge is 2.71. The zero-order valence-corrected chi connectivity index (χ0v) is 39.8. The van der Waals surface area contributed by atoms with E-state index in [1.165, 1.54) is 12.1 Å². The number of amides is 1. The van der Waals surface area contributed by atoms with Gasteiger partial charge in [0.1, 0.15) is 12.1 Å². The van der Waals surface area contributed by atoms with Gasteiger partial charge in [-0.1, -0.05) is 78.3 Å². The fourth-order valence-electron chi connectivity index (χ4n) is 13.8. The van der Waals surface area contributed by atoms with Crippen LogP contribution in [0.15, 0.2) is 68.2 Å². The second-order valence-electron chi connectivity index (χ2n) is 21.9. The predicted octanol–water partition coefficient (Wildman–Crippen LogP) is 7.83. The molecule has 5 aliphatic carbocycles. The molecule has 0 bridgehead atoms. The van der Waals surface area contributed by atoms with Crippen LogP contribution in [0, 0.1) is 66.8 Å². The van der Waals surface area contributed by atoms with Crippen LogP contribution in [-0.4, -0.2) is 67.7 Å². The van der Waals surface area contributed by atoms with Crippen molar-refractivity contribution in [3.63, 3.8) is 0 Å². The molecule has 2 aromatic rings. The second-order valence-corrected chi connectivity index (χ2v) is 23.7. The molecule has 8 atom stereocenters. The molecular weight excluding hydrogens is 849 g/mol. The largest absolute Gasteiger partial charge is 0.464 e. The van der Waals surface area contributed by atoms with E-state index in [1.54, 1.807) is 23.1 Å². The summed E-state index contributed by atoms with van der Waals surface area (Å²) >= 11 is 0. The molecule has 0 unspecified atom stereocenters. The summed E-state index contributed by atoms with van der Waals surface area (Å²) in [6.45, 7) is 15.8. The number of sulfone groups is 1. The number of rotatable bonds is 12. The summed E-state index contributed by atoms with van der Waals surface area (Å²) in [7, 11) is -4.22. The molecule has 2 heterocycles. The number of hydrogen-bond donors (Lipinski definition) is 0. The zero-order chi connectivity index (χ0) is 47.0. The number of esters is 1. The van der Waals surface area contributed by atoms with Crippen LogP contribution < -0.4 is 9.64 Å². The first-order valence-corrected chi connectivity index (χ1v) is 25.0. The molecular formula is C50H64N4O10S. The molecule has 3 saturated carbocycles. The summed E-state index contributed by atoms with van der Waals surface area (Å²) in [5.41, 5.74) is -1.94. The maximum atomic E-state index is 15.3. The molecule has 1 aliphatic heterocycles. The smallest absolute Gasteiger partial charge is 0.414 e. The number of hydrogen-bond acceptors (Lipinski definition) is 12. The lowest BCUT2D eigenvalue weighted by Gasteiger charge is -2.69. The maximum Gasteiger partial charge on any atom is 0.414 e. The molecule has 14 nitrogen and oxygen atoms in total. The SMILES string of the molecule is CC1(C)CC[C@]2(C(=O)N3CCC[C@H]3C(=O)OCCCCCCOc3no[n+]([O-])c3S(=O)(=O)c3ccccc3)CC[C@]3(C)[C@H](C(=O)C=C4[C@@]5(C)C=C(C#N)C(=O)C(C)(C)[C@@H]5CC[C@]43C)[C@@H]2C1. The van der Waals surface area contributed by atoms with Crippen molar-refractivity contribution in [2.75, 3.05) is 19.8 Å². The van der Waals surface area contributed by atoms with Gasteiger partial charge in [0.25, 0.3) is 9.84 Å². The normalized spacial score (nSPS) is 33.6. The van der Waals surface area contributed by atoms with Crippen LogP contribution >= 0.6 is 0 Å². The summed E-state index contributed by atoms with van der Waals surface area (Å²) in [5, 5.41) is 25.1. The highest BCUT2D eigenvalue weighted by molar-refractivity contribution is 7.91. The van der Waals surface area contributed by atoms with Crippen molar-refractivity contribution in [3.05, 3.63) is 58.8 Å². The van der Waals surface area contributed by atoms with Gasteiger partial charge in [-0.25, -0.2) is 13.2 Å². The van der Waals surface area contributed by atoms with Crippen molar-refractivity contribution in [1.82, 2.24) is 10.1 Å². The lowest BCUT2D eigenvalue weighted by molar-refractivity contribution is -0.832. The van der Waals surface area contributed by atoms with Crippen molar-refractivity contribution >= 4 is 33.3 Å². The molecule has 350 valence electrons. The standard InChI is InChI=1S/C50H64N4O10S/c1-45(2)21-23-50(24-22-49(7)39(34(50)30-45)36(55)28-38-47(5)29-32(31-51)40(56)46(3,4)37(47)19-20-48(38,49)6)44(58)53-25-15-18-35(53)43(57)63-27-14-9-8-13-26-62-41-42(54(59)64-52-41)65(60,61)33-16-11-10-12-17-33/h10-12,16-17,28-29,34-35,37,39H,8-9,13-15,18-27,30H2,1-7H3/t34-,35-,37-,39-,47-,48+,49+,50-/m0/s1. The fourth-order valence-corrected chi connectivity index (χ4v) is 15.1. The minimum absolute atomic E-state index is 0.0219. The molecule has 4 fully saturated rings. The van der Waals surface area contributed by atoms with Crippen molar-refractivity contribution in [2.24, 2.45) is 50.2 Å². The van der Waals surface area contributed by atoms with Gasteiger partial charge in [-0.15, -0.1) is 0 Å². The molecule has 8 rings (SSSR count). The lowest BCUT2D eigenvalue weighted by atomic mass is 9.34. The van der Waals surface area contributed by atoms with Crippen LogP contribution in [0.4, 0.5) is 0 Å². The Morgan fingerprint density at radius 3 is 2.35 bits per heavy atom. The minimum atomic E-state index is -4.22. The van der Waals surface area contributed by atoms with Crippen molar-refractivity contribution in [1.29, 1.82) is 5.26 Å². The Morgan fingerprint density at radius 1 is 0.954 bits per heavy atom. The van der Waals surface area contributed by atoms with Gasteiger partial charge in [0.15, 0.2) is 11.6 Å². The Balaban J connectivity index is 0.923. The third kappa shape index (κ3) is 7.35. The van der Waals surface area contributed by atoms with Gasteiger partial charge in [-0.05, 0) is 135 Å². The number of ether oxygens (including phenoxy) is 2. The molecule has 65 heavy (non-hydrogen) atoms. The molecule has 6 aliphatic rings. The molecule has 1 amide bonds. The molecule has 0 N–H and O–H groups in total. The number of aromatic nitrogens is 2. The summed E-state index contributed by atoms with van der Waals surface area (Å²) in [4.78, 5) is 59.2. The average molecular weight is 913 g/mol. The van der Waals surface area contributed by atoms with Crippen LogP contribution in [0.5, 0.6) is 5.88 Å². The van der Waals surface area contributed by atoms with Gasteiger partial charge in [-0.2, -0.15) is 5.26 Å². The Kier molecular flexibility index (Phi) is 11.8. The topological polar surface area (TPSA) is 201 Å². The van der Waals surface area contributed by atoms with Gasteiger partial charge in [0.05, 0.1) is 34.3 Å². The van der Waals surface area contributed by atoms with Crippen LogP contribution in [0.1, 0.15) is 132 Å². The number of nitrogens with zero attached hydrogens (tertiary/aromatic N) is 4. The van der Waals surface area contributed by atoms with Crippen molar-refractivity contribution in [2.45, 2.75) is 148 Å². The minimum Gasteiger partial charge on any atom is -0.464 e. The highest BCUT2D eigenvalue weighted by atomic mass is 32.2. The van der Waals surface area contributed by atoms with E-state index < -0.39 is 65.7 Å². The van der Waals surface area contributed by atoms with Crippen molar-refractivity contribution < 1.29 is 46.6 Å². The lowest BCUT2D eigenvalue weighted by Crippen LogP contribution is -2.67. The van der Waals surface area contributed by atoms with E-state index in [0.717, 1.165) is 31.3 Å². The number of carbonyl (C=O) groups is 4. The van der Waals surface area contributed by atoms with E-state index in [4.69, 9.17) is 9.47 Å². The molecule has 1 aromatic carbocycles. The molecule has 15 heteroatoms. The number of benzene rings is 1. The number of allylic oxidation sites excluding steroid dienone is 4. The van der Waals surface area contributed by atoms with Gasteiger partial charge in [-0.3, -0.25) is 19.0 Å². The Bertz CT molecular complexity index is 2490. The maximum absolute atomic E-state index is 15.3. The first-order chi connectivity index (χ1) is 30.6. The fraction of sp³-hybridized carbons (Fsp3) is 0.660. The van der Waals surface area contributed by atoms with E-state index >= 15 is 9.59 Å². The molecule has 0 spiro atoms. The summed E-state index contributed by atoms with van der Waals surface area (Å²) in [6.07, 6.45) is 12.5. The van der Waals surface area contributed by atoms with Crippen molar-refractivity contribution in [3.8, 4) is 11.9 Å². The quantitative estimate of drug-likeness (QED) is 0.114. The molecule has 1 aromatic heterocycles. The monoisotopic (exact) mass is 912 g/mol. The van der Waals surface area contributed by atoms with E-state index in [2.05, 4.69) is 50.5 Å². The van der Waals surface area contributed by atoms with Gasteiger partial charge >= 0.3 is 16.9 Å². The Morgan fingerprint density at radius 2 is 1.65 bits per heavy atom. The van der Waals surface area contributed by atoms with E-state index in [1.807, 2.05) is 26.0 Å². The van der Waals surface area contributed by atoms with Crippen LogP contribution in [-0.2, 0) is 33.8 Å². The third-order valence-corrected chi connectivity index (χ3v) is 19.2. The van der Waals surface area contributed by atoms with Gasteiger partial charge in [0.2, 0.25) is 5.91 Å². The molecule has 1 saturated heterocycles. The summed E-state index contributed by atoms with van der Waals surface area (Å²) < 4.78 is 42.0. The van der Waals surface area contributed by atoms with E-state index in [0.29, 0.717) is 64.3 Å². The Labute approximate surface area is 382 Å². The van der Waals surface area contributed by atoms with E-state index in [-0.39, 0.29) is 63.3 Å². The summed E-state index contributed by atoms with van der Waals surface area (Å²) in [6, 6.07) is 8.97. The number of nitriles is 1. The van der Waals surface area contributed by atoms with Crippen LogP contribution in [0.3, 0.4) is 0 Å². The average Bonchev–Trinajstić information content (AvgIpc) is 3.91. The van der Waals surface area contributed by atoms with E-state index in [9.17, 15) is 28.5 Å². The van der Waals surface area contributed by atoms with Crippen LogP contribution in [0.25, 0.3) is 0 Å². The number of unbranched alkanes of at least 4 members (excludes halogenated alkanes) is 3. The second kappa shape index (κ2) is 16.5. The van der Waals surface area contributed by atoms with Gasteiger partial charge in [0, 0.05) is 23.3 Å². The summed E-state index contributed by atoms with van der Waals surface area (Å²) in [5.74, 6) is -1.59. The molecule has 0 radical (unpaired) electrons. The number of likely N-dealkylation sites (tertiary alicyclic amines) is 1. The van der Waals surface area contributed by atoms with Gasteiger partial charge < -0.3 is 19.6 Å². The predicted molar refractivity (Wildman–Crippen MR) is 236 cm³/mol. The number of carbonyl (C=O) groups excluding carboxylic acids is 4. The number of ketones is 2.